The van der Waals surface area contributed by atoms with E-state index in [-0.39, 0.29) is 19.0 Å². The van der Waals surface area contributed by atoms with Gasteiger partial charge in [-0.2, -0.15) is 5.26 Å². The van der Waals surface area contributed by atoms with Crippen molar-refractivity contribution < 1.29 is 14.6 Å². The molecule has 0 bridgehead atoms. The van der Waals surface area contributed by atoms with Crippen LogP contribution in [0.5, 0.6) is 0 Å². The topological polar surface area (TPSA) is 62.5 Å². The molecule has 2 aromatic carbocycles. The number of benzene rings is 2. The van der Waals surface area contributed by atoms with Crippen molar-refractivity contribution in [3.05, 3.63) is 70.8 Å². The molecule has 0 aromatic heterocycles. The predicted molar refractivity (Wildman–Crippen MR) is 90.0 cm³/mol. The second-order valence-corrected chi connectivity index (χ2v) is 5.95. The van der Waals surface area contributed by atoms with Crippen LogP contribution in [0, 0.1) is 11.3 Å². The molecular formula is C20H21NO3. The van der Waals surface area contributed by atoms with Crippen LogP contribution in [0.2, 0.25) is 0 Å². The van der Waals surface area contributed by atoms with Crippen LogP contribution in [-0.2, 0) is 16.1 Å². The summed E-state index contributed by atoms with van der Waals surface area (Å²) in [7, 11) is 0. The fourth-order valence-corrected chi connectivity index (χ4v) is 2.89. The molecular weight excluding hydrogens is 302 g/mol. The van der Waals surface area contributed by atoms with Gasteiger partial charge in [-0.25, -0.2) is 0 Å². The summed E-state index contributed by atoms with van der Waals surface area (Å²) in [5.41, 5.74) is 3.38. The van der Waals surface area contributed by atoms with Gasteiger partial charge in [-0.1, -0.05) is 36.4 Å². The van der Waals surface area contributed by atoms with E-state index in [1.54, 1.807) is 6.07 Å². The molecule has 1 aliphatic rings. The molecule has 0 aliphatic carbocycles. The summed E-state index contributed by atoms with van der Waals surface area (Å²) in [6.07, 6.45) is 2.52. The van der Waals surface area contributed by atoms with Crippen molar-refractivity contribution in [1.29, 1.82) is 5.26 Å². The fraction of sp³-hybridized carbons (Fsp3) is 0.350. The maximum atomic E-state index is 9.23. The Kier molecular flexibility index (Phi) is 5.60. The highest BCUT2D eigenvalue weighted by Gasteiger charge is 2.23. The predicted octanol–water partition coefficient (Wildman–Crippen LogP) is 3.68. The quantitative estimate of drug-likeness (QED) is 0.911. The molecule has 2 atom stereocenters. The number of ether oxygens (including phenoxy) is 2. The van der Waals surface area contributed by atoms with Crippen LogP contribution >= 0.6 is 0 Å². The van der Waals surface area contributed by atoms with E-state index in [0.717, 1.165) is 42.6 Å². The third kappa shape index (κ3) is 4.01. The van der Waals surface area contributed by atoms with Gasteiger partial charge in [-0.05, 0) is 48.1 Å². The van der Waals surface area contributed by atoms with Gasteiger partial charge in [0, 0.05) is 6.61 Å². The zero-order valence-corrected chi connectivity index (χ0v) is 13.5. The molecule has 3 rings (SSSR count). The van der Waals surface area contributed by atoms with Gasteiger partial charge in [0.05, 0.1) is 18.2 Å². The minimum atomic E-state index is -0.297. The third-order valence-electron chi connectivity index (χ3n) is 4.21. The van der Waals surface area contributed by atoms with Crippen LogP contribution in [0.15, 0.2) is 48.5 Å². The number of nitrogens with zero attached hydrogens (tertiary/aromatic N) is 1. The molecule has 0 saturated carbocycles. The average molecular weight is 323 g/mol. The van der Waals surface area contributed by atoms with Gasteiger partial charge in [0.2, 0.25) is 0 Å². The van der Waals surface area contributed by atoms with Crippen LogP contribution in [-0.4, -0.2) is 18.0 Å². The SMILES string of the molecule is N#Cc1cccc(C(O[C@H]2CCCCO2)c2ccc(CO)cc2)c1. The second-order valence-electron chi connectivity index (χ2n) is 5.95. The molecule has 4 heteroatoms. The third-order valence-corrected chi connectivity index (χ3v) is 4.21. The van der Waals surface area contributed by atoms with Gasteiger partial charge in [0.1, 0.15) is 6.10 Å². The van der Waals surface area contributed by atoms with Gasteiger partial charge in [0.15, 0.2) is 6.29 Å². The molecule has 1 heterocycles. The largest absolute Gasteiger partial charge is 0.392 e. The standard InChI is InChI=1S/C20H21NO3/c21-13-16-4-3-5-18(12-16)20(24-19-6-1-2-11-23-19)17-9-7-15(14-22)8-10-17/h3-5,7-10,12,19-20,22H,1-2,6,11,14H2/t19-,20?/m0/s1. The summed E-state index contributed by atoms with van der Waals surface area (Å²) < 4.78 is 12.0. The molecule has 24 heavy (non-hydrogen) atoms. The fourth-order valence-electron chi connectivity index (χ4n) is 2.89. The summed E-state index contributed by atoms with van der Waals surface area (Å²) in [4.78, 5) is 0. The van der Waals surface area contributed by atoms with Crippen molar-refractivity contribution in [2.75, 3.05) is 6.61 Å². The Bertz CT molecular complexity index is 700. The highest BCUT2D eigenvalue weighted by atomic mass is 16.7. The van der Waals surface area contributed by atoms with E-state index in [1.807, 2.05) is 42.5 Å². The maximum absolute atomic E-state index is 9.23. The van der Waals surface area contributed by atoms with Gasteiger partial charge in [-0.15, -0.1) is 0 Å². The normalized spacial score (nSPS) is 18.8. The summed E-state index contributed by atoms with van der Waals surface area (Å²) in [6.45, 7) is 0.737. The van der Waals surface area contributed by atoms with E-state index in [4.69, 9.17) is 14.7 Å². The molecule has 1 fully saturated rings. The zero-order valence-electron chi connectivity index (χ0n) is 13.5. The first-order valence-corrected chi connectivity index (χ1v) is 8.27. The molecule has 1 aliphatic heterocycles. The summed E-state index contributed by atoms with van der Waals surface area (Å²) in [5, 5.41) is 18.4. The molecule has 4 nitrogen and oxygen atoms in total. The second kappa shape index (κ2) is 8.07. The molecule has 0 spiro atoms. The Morgan fingerprint density at radius 2 is 2.00 bits per heavy atom. The first-order chi connectivity index (χ1) is 11.8. The van der Waals surface area contributed by atoms with E-state index in [0.29, 0.717) is 5.56 Å². The Balaban J connectivity index is 1.90. The molecule has 0 radical (unpaired) electrons. The van der Waals surface area contributed by atoms with Gasteiger partial charge in [0.25, 0.3) is 0 Å². The van der Waals surface area contributed by atoms with Crippen LogP contribution in [0.4, 0.5) is 0 Å². The molecule has 2 aromatic rings. The number of hydrogen-bond donors (Lipinski definition) is 1. The van der Waals surface area contributed by atoms with Crippen LogP contribution < -0.4 is 0 Å². The number of nitriles is 1. The number of hydrogen-bond acceptors (Lipinski definition) is 4. The lowest BCUT2D eigenvalue weighted by Crippen LogP contribution is -2.25. The van der Waals surface area contributed by atoms with Gasteiger partial charge >= 0.3 is 0 Å². The van der Waals surface area contributed by atoms with E-state index in [1.165, 1.54) is 0 Å². The number of aliphatic hydroxyl groups excluding tert-OH is 1. The summed E-state index contributed by atoms with van der Waals surface area (Å²) in [5.74, 6) is 0. The molecule has 0 amide bonds. The van der Waals surface area contributed by atoms with E-state index < -0.39 is 0 Å². The van der Waals surface area contributed by atoms with Gasteiger partial charge in [-0.3, -0.25) is 0 Å². The number of rotatable bonds is 5. The van der Waals surface area contributed by atoms with Gasteiger partial charge < -0.3 is 14.6 Å². The summed E-state index contributed by atoms with van der Waals surface area (Å²) >= 11 is 0. The van der Waals surface area contributed by atoms with Crippen molar-refractivity contribution >= 4 is 0 Å². The molecule has 124 valence electrons. The molecule has 1 unspecified atom stereocenters. The maximum Gasteiger partial charge on any atom is 0.158 e. The molecule has 1 N–H and O–H groups in total. The van der Waals surface area contributed by atoms with Crippen molar-refractivity contribution in [2.45, 2.75) is 38.3 Å². The van der Waals surface area contributed by atoms with E-state index in [9.17, 15) is 5.11 Å². The smallest absolute Gasteiger partial charge is 0.158 e. The lowest BCUT2D eigenvalue weighted by Gasteiger charge is -2.28. The lowest BCUT2D eigenvalue weighted by molar-refractivity contribution is -0.181. The molecule has 1 saturated heterocycles. The first-order valence-electron chi connectivity index (χ1n) is 8.27. The first kappa shape index (κ1) is 16.7. The number of aliphatic hydroxyl groups is 1. The Hall–Kier alpha value is -2.19. The van der Waals surface area contributed by atoms with Crippen molar-refractivity contribution in [2.24, 2.45) is 0 Å². The zero-order chi connectivity index (χ0) is 16.8. The Morgan fingerprint density at radius 3 is 2.67 bits per heavy atom. The monoisotopic (exact) mass is 323 g/mol. The minimum Gasteiger partial charge on any atom is -0.392 e. The van der Waals surface area contributed by atoms with E-state index >= 15 is 0 Å². The van der Waals surface area contributed by atoms with E-state index in [2.05, 4.69) is 6.07 Å². The highest BCUT2D eigenvalue weighted by Crippen LogP contribution is 2.30. The minimum absolute atomic E-state index is 0.0153. The summed E-state index contributed by atoms with van der Waals surface area (Å²) in [6, 6.07) is 17.3. The van der Waals surface area contributed by atoms with Crippen molar-refractivity contribution in [1.82, 2.24) is 0 Å². The Morgan fingerprint density at radius 1 is 1.17 bits per heavy atom. The van der Waals surface area contributed by atoms with Crippen molar-refractivity contribution in [3.8, 4) is 6.07 Å². The van der Waals surface area contributed by atoms with Crippen LogP contribution in [0.3, 0.4) is 0 Å². The average Bonchev–Trinajstić information content (AvgIpc) is 2.67. The Labute approximate surface area is 142 Å². The lowest BCUT2D eigenvalue weighted by atomic mass is 9.98. The van der Waals surface area contributed by atoms with Crippen LogP contribution in [0.1, 0.15) is 47.6 Å². The van der Waals surface area contributed by atoms with Crippen LogP contribution in [0.25, 0.3) is 0 Å². The van der Waals surface area contributed by atoms with Crippen molar-refractivity contribution in [3.63, 3.8) is 0 Å². The highest BCUT2D eigenvalue weighted by molar-refractivity contribution is 5.38.